The molecule has 0 bridgehead atoms. The van der Waals surface area contributed by atoms with Gasteiger partial charge in [-0.05, 0) is 37.8 Å². The van der Waals surface area contributed by atoms with Gasteiger partial charge in [0.15, 0.2) is 0 Å². The van der Waals surface area contributed by atoms with Crippen LogP contribution in [0.15, 0.2) is 0 Å². The molecule has 0 amide bonds. The summed E-state index contributed by atoms with van der Waals surface area (Å²) < 4.78 is 0. The largest absolute Gasteiger partial charge is 0.330 e. The summed E-state index contributed by atoms with van der Waals surface area (Å²) >= 11 is 0. The number of likely N-dealkylation sites (tertiary alicyclic amines) is 1. The fourth-order valence-electron chi connectivity index (χ4n) is 2.99. The number of hydrogen-bond acceptors (Lipinski definition) is 2. The minimum atomic E-state index is 0.414. The molecule has 2 rings (SSSR count). The number of nitrogens with two attached hydrogens (primary N) is 1. The van der Waals surface area contributed by atoms with Crippen LogP contribution >= 0.6 is 0 Å². The maximum absolute atomic E-state index is 5.83. The zero-order valence-corrected chi connectivity index (χ0v) is 9.47. The maximum atomic E-state index is 5.83. The molecule has 2 fully saturated rings. The summed E-state index contributed by atoms with van der Waals surface area (Å²) in [5, 5.41) is 0. The Morgan fingerprint density at radius 2 is 2.00 bits per heavy atom. The van der Waals surface area contributed by atoms with E-state index in [9.17, 15) is 0 Å². The highest BCUT2D eigenvalue weighted by molar-refractivity contribution is 4.90. The number of nitrogens with zero attached hydrogens (tertiary/aromatic N) is 1. The molecule has 2 nitrogen and oxygen atoms in total. The van der Waals surface area contributed by atoms with Gasteiger partial charge in [-0.25, -0.2) is 0 Å². The lowest BCUT2D eigenvalue weighted by molar-refractivity contribution is 0.172. The van der Waals surface area contributed by atoms with Crippen LogP contribution in [0, 0.1) is 5.41 Å². The minimum Gasteiger partial charge on any atom is -0.330 e. The zero-order valence-electron chi connectivity index (χ0n) is 9.47. The van der Waals surface area contributed by atoms with E-state index in [2.05, 4.69) is 11.8 Å². The summed E-state index contributed by atoms with van der Waals surface area (Å²) in [4.78, 5) is 2.70. The zero-order chi connectivity index (χ0) is 10.0. The van der Waals surface area contributed by atoms with Crippen LogP contribution in [0.3, 0.4) is 0 Å². The third kappa shape index (κ3) is 2.12. The molecule has 1 aliphatic heterocycles. The Kier molecular flexibility index (Phi) is 3.13. The van der Waals surface area contributed by atoms with Gasteiger partial charge >= 0.3 is 0 Å². The molecule has 82 valence electrons. The average Bonchev–Trinajstić information content (AvgIpc) is 2.63. The van der Waals surface area contributed by atoms with Crippen molar-refractivity contribution in [1.29, 1.82) is 0 Å². The van der Waals surface area contributed by atoms with Crippen LogP contribution in [0.1, 0.15) is 45.4 Å². The maximum Gasteiger partial charge on any atom is 0.00955 e. The first-order valence-corrected chi connectivity index (χ1v) is 6.18. The molecule has 1 atom stereocenters. The molecule has 0 radical (unpaired) electrons. The summed E-state index contributed by atoms with van der Waals surface area (Å²) in [6, 6.07) is 0.886. The molecule has 1 saturated carbocycles. The predicted molar refractivity (Wildman–Crippen MR) is 60.2 cm³/mol. The first-order valence-electron chi connectivity index (χ1n) is 6.18. The van der Waals surface area contributed by atoms with Crippen molar-refractivity contribution in [3.05, 3.63) is 0 Å². The van der Waals surface area contributed by atoms with Crippen LogP contribution in [0.25, 0.3) is 0 Å². The van der Waals surface area contributed by atoms with Crippen LogP contribution in [0.2, 0.25) is 0 Å². The van der Waals surface area contributed by atoms with E-state index in [4.69, 9.17) is 5.73 Å². The van der Waals surface area contributed by atoms with Crippen LogP contribution in [-0.2, 0) is 0 Å². The molecular weight excluding hydrogens is 172 g/mol. The van der Waals surface area contributed by atoms with E-state index < -0.39 is 0 Å². The molecule has 1 aliphatic carbocycles. The van der Waals surface area contributed by atoms with Gasteiger partial charge in [0.1, 0.15) is 0 Å². The molecule has 0 aromatic heterocycles. The van der Waals surface area contributed by atoms with E-state index in [1.54, 1.807) is 0 Å². The fourth-order valence-corrected chi connectivity index (χ4v) is 2.99. The molecule has 0 aromatic rings. The van der Waals surface area contributed by atoms with Crippen molar-refractivity contribution >= 4 is 0 Å². The molecule has 1 heterocycles. The third-order valence-corrected chi connectivity index (χ3v) is 4.17. The normalized spacial score (nSPS) is 36.4. The molecule has 1 unspecified atom stereocenters. The van der Waals surface area contributed by atoms with Crippen molar-refractivity contribution in [2.45, 2.75) is 51.5 Å². The Bertz CT molecular complexity index is 187. The van der Waals surface area contributed by atoms with Gasteiger partial charge in [0, 0.05) is 12.6 Å². The molecule has 14 heavy (non-hydrogen) atoms. The second-order valence-corrected chi connectivity index (χ2v) is 5.53. The summed E-state index contributed by atoms with van der Waals surface area (Å²) in [5.41, 5.74) is 6.25. The second kappa shape index (κ2) is 4.19. The Morgan fingerprint density at radius 3 is 2.57 bits per heavy atom. The van der Waals surface area contributed by atoms with Gasteiger partial charge < -0.3 is 5.73 Å². The second-order valence-electron chi connectivity index (χ2n) is 5.53. The highest BCUT2D eigenvalue weighted by atomic mass is 15.2. The Morgan fingerprint density at radius 1 is 1.29 bits per heavy atom. The molecule has 2 N–H and O–H groups in total. The van der Waals surface area contributed by atoms with Gasteiger partial charge in [-0.15, -0.1) is 0 Å². The van der Waals surface area contributed by atoms with Crippen LogP contribution in [-0.4, -0.2) is 30.6 Å². The lowest BCUT2D eigenvalue weighted by atomic mass is 9.90. The number of hydrogen-bond donors (Lipinski definition) is 1. The monoisotopic (exact) mass is 196 g/mol. The van der Waals surface area contributed by atoms with Gasteiger partial charge in [-0.1, -0.05) is 26.2 Å². The lowest BCUT2D eigenvalue weighted by Gasteiger charge is -2.32. The third-order valence-electron chi connectivity index (χ3n) is 4.17. The summed E-state index contributed by atoms with van der Waals surface area (Å²) in [7, 11) is 0. The van der Waals surface area contributed by atoms with E-state index in [0.29, 0.717) is 5.41 Å². The van der Waals surface area contributed by atoms with Gasteiger partial charge in [0.2, 0.25) is 0 Å². The van der Waals surface area contributed by atoms with Crippen LogP contribution in [0.4, 0.5) is 0 Å². The standard InChI is InChI=1S/C12H24N2/c1-12(9-13)7-8-14(10-12)11-5-3-2-4-6-11/h11H,2-10,13H2,1H3. The van der Waals surface area contributed by atoms with Crippen LogP contribution < -0.4 is 5.73 Å². The van der Waals surface area contributed by atoms with E-state index in [1.807, 2.05) is 0 Å². The first kappa shape index (κ1) is 10.4. The minimum absolute atomic E-state index is 0.414. The lowest BCUT2D eigenvalue weighted by Crippen LogP contribution is -2.38. The van der Waals surface area contributed by atoms with E-state index >= 15 is 0 Å². The van der Waals surface area contributed by atoms with Crippen molar-refractivity contribution in [2.24, 2.45) is 11.1 Å². The topological polar surface area (TPSA) is 29.3 Å². The Balaban J connectivity index is 1.88. The molecular formula is C12H24N2. The van der Waals surface area contributed by atoms with Gasteiger partial charge in [0.05, 0.1) is 0 Å². The quantitative estimate of drug-likeness (QED) is 0.732. The van der Waals surface area contributed by atoms with Crippen molar-refractivity contribution in [3.63, 3.8) is 0 Å². The highest BCUT2D eigenvalue weighted by Gasteiger charge is 2.35. The molecule has 0 aromatic carbocycles. The van der Waals surface area contributed by atoms with E-state index in [0.717, 1.165) is 12.6 Å². The SMILES string of the molecule is CC1(CN)CCN(C2CCCCC2)C1. The number of rotatable bonds is 2. The van der Waals surface area contributed by atoms with E-state index in [-0.39, 0.29) is 0 Å². The molecule has 2 aliphatic rings. The summed E-state index contributed by atoms with van der Waals surface area (Å²) in [5.74, 6) is 0. The molecule has 0 spiro atoms. The van der Waals surface area contributed by atoms with Crippen molar-refractivity contribution in [2.75, 3.05) is 19.6 Å². The Hall–Kier alpha value is -0.0800. The average molecular weight is 196 g/mol. The predicted octanol–water partition coefficient (Wildman–Crippen LogP) is 1.99. The van der Waals surface area contributed by atoms with Crippen molar-refractivity contribution in [3.8, 4) is 0 Å². The van der Waals surface area contributed by atoms with Crippen molar-refractivity contribution < 1.29 is 0 Å². The van der Waals surface area contributed by atoms with Crippen LogP contribution in [0.5, 0.6) is 0 Å². The molecule has 1 saturated heterocycles. The fraction of sp³-hybridized carbons (Fsp3) is 1.00. The van der Waals surface area contributed by atoms with E-state index in [1.165, 1.54) is 51.6 Å². The summed E-state index contributed by atoms with van der Waals surface area (Å²) in [6.07, 6.45) is 8.51. The highest BCUT2D eigenvalue weighted by Crippen LogP contribution is 2.33. The van der Waals surface area contributed by atoms with Gasteiger partial charge in [-0.2, -0.15) is 0 Å². The van der Waals surface area contributed by atoms with Gasteiger partial charge in [0.25, 0.3) is 0 Å². The van der Waals surface area contributed by atoms with Gasteiger partial charge in [-0.3, -0.25) is 4.90 Å². The first-order chi connectivity index (χ1) is 6.73. The smallest absolute Gasteiger partial charge is 0.00955 e. The Labute approximate surface area is 87.8 Å². The van der Waals surface area contributed by atoms with Crippen molar-refractivity contribution in [1.82, 2.24) is 4.90 Å². The summed E-state index contributed by atoms with van der Waals surface area (Å²) in [6.45, 7) is 5.73. The molecule has 2 heteroatoms.